The summed E-state index contributed by atoms with van der Waals surface area (Å²) in [5.41, 5.74) is 0. The first-order valence-electron chi connectivity index (χ1n) is 7.41. The van der Waals surface area contributed by atoms with Crippen LogP contribution in [0.2, 0.25) is 0 Å². The predicted molar refractivity (Wildman–Crippen MR) is 75.2 cm³/mol. The molecule has 1 unspecified atom stereocenters. The Morgan fingerprint density at radius 2 is 2.16 bits per heavy atom. The Balaban J connectivity index is 1.63. The second-order valence-electron chi connectivity index (χ2n) is 5.89. The van der Waals surface area contributed by atoms with E-state index >= 15 is 0 Å². The van der Waals surface area contributed by atoms with Gasteiger partial charge in [0.05, 0.1) is 12.7 Å². The summed E-state index contributed by atoms with van der Waals surface area (Å²) in [5.74, 6) is 0.340. The van der Waals surface area contributed by atoms with Crippen molar-refractivity contribution < 1.29 is 9.53 Å². The minimum atomic E-state index is 0.331. The molecule has 0 saturated carbocycles. The maximum Gasteiger partial charge on any atom is 0.222 e. The van der Waals surface area contributed by atoms with Gasteiger partial charge in [-0.15, -0.1) is 0 Å². The molecule has 1 atom stereocenters. The summed E-state index contributed by atoms with van der Waals surface area (Å²) < 4.78 is 5.77. The standard InChI is InChI=1S/C14H27N3O2/c1-15(2)11-13-12-16(9-10-19-13)6-4-8-17-7-3-5-14(17)18/h13H,3-12H2,1-2H3. The third kappa shape index (κ3) is 4.75. The van der Waals surface area contributed by atoms with E-state index in [1.165, 1.54) is 0 Å². The SMILES string of the molecule is CN(C)CC1CN(CCCN2CCCC2=O)CCO1. The molecule has 2 aliphatic heterocycles. The van der Waals surface area contributed by atoms with E-state index in [0.717, 1.165) is 65.1 Å². The Morgan fingerprint density at radius 1 is 1.32 bits per heavy atom. The largest absolute Gasteiger partial charge is 0.374 e. The number of morpholine rings is 1. The predicted octanol–water partition coefficient (Wildman–Crippen LogP) is 0.261. The maximum absolute atomic E-state index is 11.5. The highest BCUT2D eigenvalue weighted by Crippen LogP contribution is 2.11. The molecule has 5 heteroatoms. The van der Waals surface area contributed by atoms with Crippen LogP contribution in [-0.2, 0) is 9.53 Å². The first kappa shape index (κ1) is 14.8. The minimum absolute atomic E-state index is 0.331. The lowest BCUT2D eigenvalue weighted by Crippen LogP contribution is -2.47. The molecule has 1 amide bonds. The topological polar surface area (TPSA) is 36.0 Å². The monoisotopic (exact) mass is 269 g/mol. The average molecular weight is 269 g/mol. The molecule has 2 saturated heterocycles. The molecule has 0 aromatic rings. The van der Waals surface area contributed by atoms with Crippen molar-refractivity contribution >= 4 is 5.91 Å². The number of amides is 1. The van der Waals surface area contributed by atoms with Gasteiger partial charge in [0.15, 0.2) is 0 Å². The molecule has 0 aromatic heterocycles. The van der Waals surface area contributed by atoms with Gasteiger partial charge in [-0.2, -0.15) is 0 Å². The Kier molecular flexibility index (Phi) is 5.60. The number of ether oxygens (including phenoxy) is 1. The van der Waals surface area contributed by atoms with Gasteiger partial charge in [-0.3, -0.25) is 9.69 Å². The van der Waals surface area contributed by atoms with Crippen LogP contribution >= 0.6 is 0 Å². The van der Waals surface area contributed by atoms with E-state index in [2.05, 4.69) is 23.9 Å². The first-order chi connectivity index (χ1) is 9.15. The fourth-order valence-corrected chi connectivity index (χ4v) is 2.93. The molecule has 2 rings (SSSR count). The van der Waals surface area contributed by atoms with Crippen molar-refractivity contribution in [2.45, 2.75) is 25.4 Å². The quantitative estimate of drug-likeness (QED) is 0.693. The van der Waals surface area contributed by atoms with Crippen LogP contribution in [0, 0.1) is 0 Å². The first-order valence-corrected chi connectivity index (χ1v) is 7.41. The molecule has 2 fully saturated rings. The molecular formula is C14H27N3O2. The lowest BCUT2D eigenvalue weighted by atomic mass is 10.2. The minimum Gasteiger partial charge on any atom is -0.374 e. The van der Waals surface area contributed by atoms with Gasteiger partial charge in [-0.05, 0) is 26.9 Å². The molecule has 5 nitrogen and oxygen atoms in total. The molecule has 2 heterocycles. The van der Waals surface area contributed by atoms with Crippen LogP contribution in [0.3, 0.4) is 0 Å². The number of hydrogen-bond donors (Lipinski definition) is 0. The fraction of sp³-hybridized carbons (Fsp3) is 0.929. The third-order valence-electron chi connectivity index (χ3n) is 3.87. The molecule has 0 spiro atoms. The zero-order valence-corrected chi connectivity index (χ0v) is 12.3. The summed E-state index contributed by atoms with van der Waals surface area (Å²) >= 11 is 0. The fourth-order valence-electron chi connectivity index (χ4n) is 2.93. The highest BCUT2D eigenvalue weighted by Gasteiger charge is 2.22. The number of hydrogen-bond acceptors (Lipinski definition) is 4. The van der Waals surface area contributed by atoms with Crippen molar-refractivity contribution in [1.29, 1.82) is 0 Å². The van der Waals surface area contributed by atoms with Gasteiger partial charge in [0.25, 0.3) is 0 Å². The molecule has 0 N–H and O–H groups in total. The van der Waals surface area contributed by atoms with E-state index in [1.54, 1.807) is 0 Å². The molecular weight excluding hydrogens is 242 g/mol. The van der Waals surface area contributed by atoms with Gasteiger partial charge in [0, 0.05) is 45.7 Å². The zero-order chi connectivity index (χ0) is 13.7. The lowest BCUT2D eigenvalue weighted by Gasteiger charge is -2.34. The molecule has 0 aromatic carbocycles. The van der Waals surface area contributed by atoms with Gasteiger partial charge in [0.1, 0.15) is 0 Å². The van der Waals surface area contributed by atoms with Crippen molar-refractivity contribution in [2.24, 2.45) is 0 Å². The van der Waals surface area contributed by atoms with Crippen molar-refractivity contribution in [2.75, 3.05) is 60.0 Å². The smallest absolute Gasteiger partial charge is 0.222 e. The number of carbonyl (C=O) groups excluding carboxylic acids is 1. The maximum atomic E-state index is 11.5. The normalized spacial score (nSPS) is 25.5. The van der Waals surface area contributed by atoms with E-state index < -0.39 is 0 Å². The molecule has 0 radical (unpaired) electrons. The van der Waals surface area contributed by atoms with Gasteiger partial charge in [-0.25, -0.2) is 0 Å². The number of likely N-dealkylation sites (tertiary alicyclic amines) is 1. The highest BCUT2D eigenvalue weighted by molar-refractivity contribution is 5.77. The van der Waals surface area contributed by atoms with E-state index in [1.807, 2.05) is 4.90 Å². The number of rotatable bonds is 6. The molecule has 2 aliphatic rings. The van der Waals surface area contributed by atoms with E-state index in [-0.39, 0.29) is 0 Å². The van der Waals surface area contributed by atoms with Crippen LogP contribution in [0.15, 0.2) is 0 Å². The van der Waals surface area contributed by atoms with E-state index in [0.29, 0.717) is 12.0 Å². The summed E-state index contributed by atoms with van der Waals surface area (Å²) in [6.45, 7) is 6.84. The van der Waals surface area contributed by atoms with Gasteiger partial charge in [0.2, 0.25) is 5.91 Å². The third-order valence-corrected chi connectivity index (χ3v) is 3.87. The second kappa shape index (κ2) is 7.22. The van der Waals surface area contributed by atoms with Crippen molar-refractivity contribution in [3.63, 3.8) is 0 Å². The summed E-state index contributed by atoms with van der Waals surface area (Å²) in [7, 11) is 4.17. The Bertz CT molecular complexity index is 296. The lowest BCUT2D eigenvalue weighted by molar-refractivity contribution is -0.127. The van der Waals surface area contributed by atoms with E-state index in [9.17, 15) is 4.79 Å². The van der Waals surface area contributed by atoms with Crippen LogP contribution < -0.4 is 0 Å². The van der Waals surface area contributed by atoms with Crippen molar-refractivity contribution in [1.82, 2.24) is 14.7 Å². The number of likely N-dealkylation sites (N-methyl/N-ethyl adjacent to an activating group) is 1. The summed E-state index contributed by atoms with van der Waals surface area (Å²) in [6.07, 6.45) is 3.21. The van der Waals surface area contributed by atoms with Crippen molar-refractivity contribution in [3.05, 3.63) is 0 Å². The molecule has 110 valence electrons. The van der Waals surface area contributed by atoms with Gasteiger partial charge < -0.3 is 14.5 Å². The average Bonchev–Trinajstić information content (AvgIpc) is 2.75. The molecule has 0 bridgehead atoms. The van der Waals surface area contributed by atoms with Crippen LogP contribution in [0.5, 0.6) is 0 Å². The highest BCUT2D eigenvalue weighted by atomic mass is 16.5. The summed E-state index contributed by atoms with van der Waals surface area (Å²) in [6, 6.07) is 0. The van der Waals surface area contributed by atoms with Crippen LogP contribution in [0.1, 0.15) is 19.3 Å². The van der Waals surface area contributed by atoms with Gasteiger partial charge in [-0.1, -0.05) is 0 Å². The van der Waals surface area contributed by atoms with E-state index in [4.69, 9.17) is 4.74 Å². The molecule has 0 aliphatic carbocycles. The Labute approximate surface area is 116 Å². The zero-order valence-electron chi connectivity index (χ0n) is 12.3. The van der Waals surface area contributed by atoms with Crippen molar-refractivity contribution in [3.8, 4) is 0 Å². The summed E-state index contributed by atoms with van der Waals surface area (Å²) in [4.78, 5) is 18.2. The van der Waals surface area contributed by atoms with Crippen LogP contribution in [0.25, 0.3) is 0 Å². The number of carbonyl (C=O) groups is 1. The Morgan fingerprint density at radius 3 is 2.84 bits per heavy atom. The summed E-state index contributed by atoms with van der Waals surface area (Å²) in [5, 5.41) is 0. The Hall–Kier alpha value is -0.650. The van der Waals surface area contributed by atoms with Gasteiger partial charge >= 0.3 is 0 Å². The molecule has 19 heavy (non-hydrogen) atoms. The number of nitrogens with zero attached hydrogens (tertiary/aromatic N) is 3. The second-order valence-corrected chi connectivity index (χ2v) is 5.89. The van der Waals surface area contributed by atoms with Crippen LogP contribution in [0.4, 0.5) is 0 Å². The van der Waals surface area contributed by atoms with Crippen LogP contribution in [-0.4, -0.2) is 86.7 Å².